The summed E-state index contributed by atoms with van der Waals surface area (Å²) in [7, 11) is 5.40. The van der Waals surface area contributed by atoms with Crippen LogP contribution in [0.4, 0.5) is 0 Å². The number of hydrogen-bond acceptors (Lipinski definition) is 5. The van der Waals surface area contributed by atoms with E-state index in [1.165, 1.54) is 5.56 Å². The number of halogens is 1. The smallest absolute Gasteiger partial charge is 0.165 e. The number of methoxy groups -OCH3 is 2. The fourth-order valence-electron chi connectivity index (χ4n) is 3.50. The van der Waals surface area contributed by atoms with Crippen LogP contribution >= 0.6 is 12.4 Å². The fraction of sp³-hybridized carbons (Fsp3) is 0.400. The third-order valence-electron chi connectivity index (χ3n) is 4.90. The van der Waals surface area contributed by atoms with Gasteiger partial charge in [-0.15, -0.1) is 12.4 Å². The topological polar surface area (TPSA) is 62.2 Å². The molecular formula is C20H26ClNO4. The van der Waals surface area contributed by atoms with E-state index in [9.17, 15) is 10.2 Å². The first-order valence-electron chi connectivity index (χ1n) is 8.48. The normalized spacial score (nSPS) is 14.6. The number of rotatable bonds is 2. The Hall–Kier alpha value is -2.11. The predicted molar refractivity (Wildman–Crippen MR) is 104 cm³/mol. The Morgan fingerprint density at radius 2 is 1.50 bits per heavy atom. The summed E-state index contributed by atoms with van der Waals surface area (Å²) in [5, 5.41) is 19.7. The highest BCUT2D eigenvalue weighted by atomic mass is 35.5. The summed E-state index contributed by atoms with van der Waals surface area (Å²) in [6.07, 6.45) is 2.46. The van der Waals surface area contributed by atoms with Crippen LogP contribution in [0, 0.1) is 0 Å². The molecule has 0 unspecified atom stereocenters. The number of ether oxygens (including phenoxy) is 2. The average molecular weight is 380 g/mol. The molecule has 3 rings (SSSR count). The van der Waals surface area contributed by atoms with Gasteiger partial charge in [0.05, 0.1) is 14.2 Å². The van der Waals surface area contributed by atoms with E-state index in [0.29, 0.717) is 0 Å². The van der Waals surface area contributed by atoms with E-state index in [4.69, 9.17) is 9.47 Å². The van der Waals surface area contributed by atoms with Crippen LogP contribution in [0.5, 0.6) is 23.0 Å². The third kappa shape index (κ3) is 4.00. The average Bonchev–Trinajstić information content (AvgIpc) is 2.60. The van der Waals surface area contributed by atoms with Crippen molar-refractivity contribution in [1.29, 1.82) is 0 Å². The number of nitrogens with zero attached hydrogens (tertiary/aromatic N) is 1. The molecule has 142 valence electrons. The molecule has 2 aromatic carbocycles. The zero-order chi connectivity index (χ0) is 18.0. The molecule has 0 saturated heterocycles. The van der Waals surface area contributed by atoms with Crippen molar-refractivity contribution in [2.45, 2.75) is 25.8 Å². The third-order valence-corrected chi connectivity index (χ3v) is 4.90. The number of hydrogen-bond donors (Lipinski definition) is 2. The highest BCUT2D eigenvalue weighted by molar-refractivity contribution is 5.85. The van der Waals surface area contributed by atoms with Crippen LogP contribution in [-0.2, 0) is 25.8 Å². The molecule has 2 N–H and O–H groups in total. The van der Waals surface area contributed by atoms with Gasteiger partial charge >= 0.3 is 0 Å². The van der Waals surface area contributed by atoms with E-state index >= 15 is 0 Å². The van der Waals surface area contributed by atoms with Gasteiger partial charge in [-0.3, -0.25) is 0 Å². The number of fused-ring (bicyclic) bond motifs is 2. The second kappa shape index (κ2) is 8.52. The second-order valence-corrected chi connectivity index (χ2v) is 6.54. The number of aryl methyl sites for hydroxylation is 2. The van der Waals surface area contributed by atoms with Crippen molar-refractivity contribution in [1.82, 2.24) is 4.90 Å². The maximum atomic E-state index is 9.86. The van der Waals surface area contributed by atoms with E-state index in [0.717, 1.165) is 60.5 Å². The lowest BCUT2D eigenvalue weighted by molar-refractivity contribution is 0.309. The van der Waals surface area contributed by atoms with Crippen molar-refractivity contribution in [3.05, 3.63) is 46.5 Å². The highest BCUT2D eigenvalue weighted by Crippen LogP contribution is 2.36. The molecule has 0 fully saturated rings. The molecule has 0 aliphatic carbocycles. The molecule has 0 bridgehead atoms. The molecule has 1 heterocycles. The van der Waals surface area contributed by atoms with Gasteiger partial charge in [0.15, 0.2) is 23.0 Å². The van der Waals surface area contributed by atoms with Crippen molar-refractivity contribution >= 4 is 12.4 Å². The van der Waals surface area contributed by atoms with E-state index < -0.39 is 0 Å². The minimum absolute atomic E-state index is 0. The minimum atomic E-state index is -0.0586. The van der Waals surface area contributed by atoms with Crippen molar-refractivity contribution < 1.29 is 19.7 Å². The van der Waals surface area contributed by atoms with Crippen LogP contribution in [0.25, 0.3) is 0 Å². The number of phenolic OH excluding ortho intramolecular Hbond substituents is 2. The summed E-state index contributed by atoms with van der Waals surface area (Å²) in [4.78, 5) is 2.24. The second-order valence-electron chi connectivity index (χ2n) is 6.54. The summed E-state index contributed by atoms with van der Waals surface area (Å²) in [6, 6.07) is 7.41. The fourth-order valence-corrected chi connectivity index (χ4v) is 3.50. The molecule has 1 aliphatic rings. The van der Waals surface area contributed by atoms with E-state index in [1.54, 1.807) is 26.4 Å². The Morgan fingerprint density at radius 1 is 0.885 bits per heavy atom. The molecule has 2 aromatic rings. The molecule has 0 aromatic heterocycles. The number of likely N-dealkylation sites (N-methyl/N-ethyl adjacent to an activating group) is 1. The lowest BCUT2D eigenvalue weighted by atomic mass is 9.93. The van der Waals surface area contributed by atoms with Crippen LogP contribution in [0.3, 0.4) is 0 Å². The van der Waals surface area contributed by atoms with Gasteiger partial charge in [-0.25, -0.2) is 0 Å². The standard InChI is InChI=1S/C20H25NO4.ClH/c1-21-9-8-15-11-18(23)17(22)10-14(15)5-4-13-6-7-19(24-2)20(25-3)16(13)12-21;/h6-7,10-11,22-23H,4-5,8-9,12H2,1-3H3;1H. The molecule has 6 heteroatoms. The molecule has 0 amide bonds. The zero-order valence-electron chi connectivity index (χ0n) is 15.4. The van der Waals surface area contributed by atoms with Crippen LogP contribution in [0.2, 0.25) is 0 Å². The maximum Gasteiger partial charge on any atom is 0.165 e. The molecule has 26 heavy (non-hydrogen) atoms. The lowest BCUT2D eigenvalue weighted by Gasteiger charge is -2.24. The number of benzene rings is 2. The number of phenols is 2. The van der Waals surface area contributed by atoms with Crippen LogP contribution in [0.1, 0.15) is 22.3 Å². The lowest BCUT2D eigenvalue weighted by Crippen LogP contribution is -2.23. The summed E-state index contributed by atoms with van der Waals surface area (Å²) in [5.74, 6) is 1.43. The summed E-state index contributed by atoms with van der Waals surface area (Å²) < 4.78 is 11.1. The Bertz CT molecular complexity index is 779. The Balaban J connectivity index is 0.00000243. The Morgan fingerprint density at radius 3 is 2.12 bits per heavy atom. The minimum Gasteiger partial charge on any atom is -0.504 e. The van der Waals surface area contributed by atoms with E-state index in [-0.39, 0.29) is 23.9 Å². The molecule has 1 aliphatic heterocycles. The van der Waals surface area contributed by atoms with Gasteiger partial charge in [-0.1, -0.05) is 6.07 Å². The molecule has 5 nitrogen and oxygen atoms in total. The van der Waals surface area contributed by atoms with E-state index in [2.05, 4.69) is 18.0 Å². The van der Waals surface area contributed by atoms with Gasteiger partial charge in [0.25, 0.3) is 0 Å². The predicted octanol–water partition coefficient (Wildman–Crippen LogP) is 3.31. The maximum absolute atomic E-state index is 9.86. The van der Waals surface area contributed by atoms with Crippen LogP contribution < -0.4 is 9.47 Å². The van der Waals surface area contributed by atoms with Crippen molar-refractivity contribution in [3.63, 3.8) is 0 Å². The van der Waals surface area contributed by atoms with Crippen molar-refractivity contribution in [2.75, 3.05) is 27.8 Å². The van der Waals surface area contributed by atoms with Gasteiger partial charge in [-0.2, -0.15) is 0 Å². The van der Waals surface area contributed by atoms with Gasteiger partial charge in [0.1, 0.15) is 0 Å². The van der Waals surface area contributed by atoms with Crippen LogP contribution in [0.15, 0.2) is 24.3 Å². The monoisotopic (exact) mass is 379 g/mol. The van der Waals surface area contributed by atoms with Crippen molar-refractivity contribution in [2.24, 2.45) is 0 Å². The summed E-state index contributed by atoms with van der Waals surface area (Å²) >= 11 is 0. The first kappa shape index (κ1) is 20.2. The van der Waals surface area contributed by atoms with Gasteiger partial charge in [0.2, 0.25) is 0 Å². The Kier molecular flexibility index (Phi) is 6.62. The van der Waals surface area contributed by atoms with Gasteiger partial charge in [-0.05, 0) is 61.2 Å². The highest BCUT2D eigenvalue weighted by Gasteiger charge is 2.19. The SMILES string of the molecule is COc1ccc2c(c1OC)CN(C)CCc1cc(O)c(O)cc1CC2.Cl. The van der Waals surface area contributed by atoms with Gasteiger partial charge < -0.3 is 24.6 Å². The molecule has 0 spiro atoms. The molecule has 0 saturated carbocycles. The molecule has 0 radical (unpaired) electrons. The molecule has 0 atom stereocenters. The zero-order valence-corrected chi connectivity index (χ0v) is 16.2. The summed E-state index contributed by atoms with van der Waals surface area (Å²) in [6.45, 7) is 1.62. The first-order valence-corrected chi connectivity index (χ1v) is 8.48. The quantitative estimate of drug-likeness (QED) is 0.784. The van der Waals surface area contributed by atoms with Gasteiger partial charge in [0, 0.05) is 18.7 Å². The Labute approximate surface area is 160 Å². The van der Waals surface area contributed by atoms with Crippen LogP contribution in [-0.4, -0.2) is 42.9 Å². The van der Waals surface area contributed by atoms with E-state index in [1.807, 2.05) is 6.07 Å². The largest absolute Gasteiger partial charge is 0.504 e. The molecular weight excluding hydrogens is 354 g/mol. The number of aromatic hydroxyl groups is 2. The van der Waals surface area contributed by atoms with Crippen molar-refractivity contribution in [3.8, 4) is 23.0 Å². The summed E-state index contributed by atoms with van der Waals surface area (Å²) in [5.41, 5.74) is 4.53. The first-order chi connectivity index (χ1) is 12.0.